The molecule has 0 aliphatic carbocycles. The molecule has 0 spiro atoms. The molecule has 0 bridgehead atoms. The number of fused-ring (bicyclic) bond motifs is 1. The Morgan fingerprint density at radius 1 is 1.30 bits per heavy atom. The number of nitrogens with zero attached hydrogens (tertiary/aromatic N) is 2. The second-order valence-corrected chi connectivity index (χ2v) is 4.97. The van der Waals surface area contributed by atoms with E-state index in [2.05, 4.69) is 11.1 Å². The first-order chi connectivity index (χ1) is 9.61. The maximum Gasteiger partial charge on any atom is 0.182 e. The summed E-state index contributed by atoms with van der Waals surface area (Å²) in [7, 11) is 0. The zero-order valence-corrected chi connectivity index (χ0v) is 11.6. The molecule has 1 heterocycles. The highest BCUT2D eigenvalue weighted by Gasteiger charge is 2.11. The van der Waals surface area contributed by atoms with Gasteiger partial charge in [0.2, 0.25) is 0 Å². The van der Waals surface area contributed by atoms with E-state index in [1.54, 1.807) is 22.8 Å². The molecule has 0 saturated heterocycles. The minimum atomic E-state index is -0.487. The Hall–Kier alpha value is -2.16. The molecule has 2 aromatic carbocycles. The van der Waals surface area contributed by atoms with Crippen molar-refractivity contribution in [3.8, 4) is 11.8 Å². The summed E-state index contributed by atoms with van der Waals surface area (Å²) in [6, 6.07) is 11.8. The van der Waals surface area contributed by atoms with Crippen LogP contribution in [0.1, 0.15) is 5.56 Å². The largest absolute Gasteiger partial charge is 0.329 e. The van der Waals surface area contributed by atoms with Crippen molar-refractivity contribution in [1.82, 2.24) is 9.55 Å². The number of para-hydroxylation sites is 1. The van der Waals surface area contributed by atoms with Gasteiger partial charge in [0.25, 0.3) is 0 Å². The number of halogens is 2. The Bertz CT molecular complexity index is 920. The van der Waals surface area contributed by atoms with E-state index < -0.39 is 5.82 Å². The van der Waals surface area contributed by atoms with E-state index in [0.717, 1.165) is 5.52 Å². The Labute approximate surface area is 123 Å². The average Bonchev–Trinajstić information content (AvgIpc) is 2.78. The minimum Gasteiger partial charge on any atom is -0.329 e. The maximum atomic E-state index is 13.3. The molecule has 1 N–H and O–H groups in total. The molecule has 0 unspecified atom stereocenters. The molecule has 0 radical (unpaired) electrons. The summed E-state index contributed by atoms with van der Waals surface area (Å²) < 4.78 is 15.4. The number of nitriles is 1. The zero-order valence-electron chi connectivity index (χ0n) is 10.0. The van der Waals surface area contributed by atoms with Crippen molar-refractivity contribution in [2.75, 3.05) is 0 Å². The standard InChI is InChI=1S/C14H7ClFN3S/c15-10-6-9(4-5-11(10)16)19-12-3-1-2-8(7-17)13(12)18-14(19)20/h1-6H,(H,18,20). The lowest BCUT2D eigenvalue weighted by Crippen LogP contribution is -1.94. The molecule has 98 valence electrons. The maximum absolute atomic E-state index is 13.3. The van der Waals surface area contributed by atoms with Crippen molar-refractivity contribution in [1.29, 1.82) is 5.26 Å². The van der Waals surface area contributed by atoms with Crippen LogP contribution in [-0.4, -0.2) is 9.55 Å². The van der Waals surface area contributed by atoms with Crippen molar-refractivity contribution in [3.63, 3.8) is 0 Å². The first kappa shape index (κ1) is 12.9. The number of aromatic amines is 1. The van der Waals surface area contributed by atoms with Crippen LogP contribution >= 0.6 is 23.8 Å². The van der Waals surface area contributed by atoms with Gasteiger partial charge in [-0.2, -0.15) is 5.26 Å². The number of rotatable bonds is 1. The summed E-state index contributed by atoms with van der Waals surface area (Å²) in [6.45, 7) is 0. The van der Waals surface area contributed by atoms with Crippen molar-refractivity contribution >= 4 is 34.9 Å². The van der Waals surface area contributed by atoms with E-state index in [0.29, 0.717) is 21.5 Å². The molecule has 1 aromatic heterocycles. The van der Waals surface area contributed by atoms with Gasteiger partial charge in [-0.05, 0) is 42.5 Å². The molecule has 0 saturated carbocycles. The summed E-state index contributed by atoms with van der Waals surface area (Å²) in [5.74, 6) is -0.487. The third-order valence-electron chi connectivity index (χ3n) is 3.00. The predicted molar refractivity (Wildman–Crippen MR) is 78.1 cm³/mol. The molecular weight excluding hydrogens is 297 g/mol. The third kappa shape index (κ3) is 1.90. The van der Waals surface area contributed by atoms with Gasteiger partial charge < -0.3 is 4.98 Å². The van der Waals surface area contributed by atoms with Gasteiger partial charge in [-0.3, -0.25) is 4.57 Å². The van der Waals surface area contributed by atoms with Gasteiger partial charge in [-0.25, -0.2) is 4.39 Å². The van der Waals surface area contributed by atoms with E-state index in [1.165, 1.54) is 12.1 Å². The average molecular weight is 304 g/mol. The summed E-state index contributed by atoms with van der Waals surface area (Å²) in [4.78, 5) is 3.00. The van der Waals surface area contributed by atoms with Crippen LogP contribution in [-0.2, 0) is 0 Å². The lowest BCUT2D eigenvalue weighted by molar-refractivity contribution is 0.628. The monoisotopic (exact) mass is 303 g/mol. The van der Waals surface area contributed by atoms with Crippen LogP contribution in [0.5, 0.6) is 0 Å². The van der Waals surface area contributed by atoms with Gasteiger partial charge in [-0.1, -0.05) is 17.7 Å². The topological polar surface area (TPSA) is 44.5 Å². The SMILES string of the molecule is N#Cc1cccc2c1[nH]c(=S)n2-c1ccc(F)c(Cl)c1. The fourth-order valence-electron chi connectivity index (χ4n) is 2.10. The van der Waals surface area contributed by atoms with Gasteiger partial charge in [0.05, 0.1) is 27.3 Å². The molecular formula is C14H7ClFN3S. The molecule has 3 rings (SSSR count). The van der Waals surface area contributed by atoms with Crippen molar-refractivity contribution in [2.45, 2.75) is 0 Å². The van der Waals surface area contributed by atoms with E-state index in [1.807, 2.05) is 6.07 Å². The van der Waals surface area contributed by atoms with E-state index in [-0.39, 0.29) is 5.02 Å². The summed E-state index contributed by atoms with van der Waals surface area (Å²) in [6.07, 6.45) is 0. The van der Waals surface area contributed by atoms with Crippen molar-refractivity contribution in [3.05, 3.63) is 57.6 Å². The molecule has 0 amide bonds. The highest BCUT2D eigenvalue weighted by atomic mass is 35.5. The number of H-pyrrole nitrogens is 1. The molecule has 0 fully saturated rings. The number of benzene rings is 2. The number of aromatic nitrogens is 2. The number of hydrogen-bond donors (Lipinski definition) is 1. The van der Waals surface area contributed by atoms with Crippen molar-refractivity contribution in [2.24, 2.45) is 0 Å². The van der Waals surface area contributed by atoms with Gasteiger partial charge in [0.1, 0.15) is 11.9 Å². The molecule has 3 aromatic rings. The molecule has 0 aliphatic rings. The summed E-state index contributed by atoms with van der Waals surface area (Å²) >= 11 is 11.1. The van der Waals surface area contributed by atoms with E-state index in [9.17, 15) is 4.39 Å². The van der Waals surface area contributed by atoms with Crippen LogP contribution in [0, 0.1) is 21.9 Å². The lowest BCUT2D eigenvalue weighted by atomic mass is 10.2. The van der Waals surface area contributed by atoms with Gasteiger partial charge >= 0.3 is 0 Å². The van der Waals surface area contributed by atoms with Crippen molar-refractivity contribution < 1.29 is 4.39 Å². The number of hydrogen-bond acceptors (Lipinski definition) is 2. The molecule has 6 heteroatoms. The molecule has 0 atom stereocenters. The smallest absolute Gasteiger partial charge is 0.182 e. The van der Waals surface area contributed by atoms with Gasteiger partial charge in [0, 0.05) is 0 Å². The quantitative estimate of drug-likeness (QED) is 0.679. The second-order valence-electron chi connectivity index (χ2n) is 4.18. The molecule has 0 aliphatic heterocycles. The summed E-state index contributed by atoms with van der Waals surface area (Å²) in [5, 5.41) is 9.13. The summed E-state index contributed by atoms with van der Waals surface area (Å²) in [5.41, 5.74) is 2.54. The highest BCUT2D eigenvalue weighted by molar-refractivity contribution is 7.71. The first-order valence-electron chi connectivity index (χ1n) is 5.71. The first-order valence-corrected chi connectivity index (χ1v) is 6.49. The Kier molecular flexibility index (Phi) is 3.05. The Balaban J connectivity index is 2.37. The highest BCUT2D eigenvalue weighted by Crippen LogP contribution is 2.25. The third-order valence-corrected chi connectivity index (χ3v) is 3.57. The lowest BCUT2D eigenvalue weighted by Gasteiger charge is -2.05. The fourth-order valence-corrected chi connectivity index (χ4v) is 2.58. The van der Waals surface area contributed by atoms with Crippen LogP contribution in [0.2, 0.25) is 5.02 Å². The minimum absolute atomic E-state index is 0.0233. The van der Waals surface area contributed by atoms with Gasteiger partial charge in [0.15, 0.2) is 4.77 Å². The molecule has 20 heavy (non-hydrogen) atoms. The van der Waals surface area contributed by atoms with Crippen LogP contribution < -0.4 is 0 Å². The zero-order chi connectivity index (χ0) is 14.3. The Morgan fingerprint density at radius 3 is 2.80 bits per heavy atom. The van der Waals surface area contributed by atoms with E-state index in [4.69, 9.17) is 29.1 Å². The predicted octanol–water partition coefficient (Wildman–Crippen LogP) is 4.35. The number of nitrogens with one attached hydrogen (secondary N) is 1. The Morgan fingerprint density at radius 2 is 2.10 bits per heavy atom. The van der Waals surface area contributed by atoms with Crippen LogP contribution in [0.25, 0.3) is 16.7 Å². The second kappa shape index (κ2) is 4.75. The van der Waals surface area contributed by atoms with Crippen LogP contribution in [0.15, 0.2) is 36.4 Å². The van der Waals surface area contributed by atoms with Crippen LogP contribution in [0.4, 0.5) is 4.39 Å². The van der Waals surface area contributed by atoms with Gasteiger partial charge in [-0.15, -0.1) is 0 Å². The molecule has 3 nitrogen and oxygen atoms in total. The number of imidazole rings is 1. The fraction of sp³-hybridized carbons (Fsp3) is 0. The normalized spacial score (nSPS) is 10.7. The van der Waals surface area contributed by atoms with Crippen LogP contribution in [0.3, 0.4) is 0 Å². The van der Waals surface area contributed by atoms with E-state index >= 15 is 0 Å².